The third-order valence-electron chi connectivity index (χ3n) is 7.52. The van der Waals surface area contributed by atoms with Crippen LogP contribution in [0.15, 0.2) is 84.9 Å². The van der Waals surface area contributed by atoms with Crippen molar-refractivity contribution in [2.24, 2.45) is 0 Å². The molecule has 0 aromatic heterocycles. The van der Waals surface area contributed by atoms with Crippen molar-refractivity contribution in [3.05, 3.63) is 119 Å². The number of unbranched alkanes of at least 4 members (excludes halogenated alkanes) is 1. The molecular weight excluding hydrogens is 550 g/mol. The predicted octanol–water partition coefficient (Wildman–Crippen LogP) is 4.02. The topological polar surface area (TPSA) is 50.7 Å². The van der Waals surface area contributed by atoms with Gasteiger partial charge in [0.05, 0.1) is 6.61 Å². The van der Waals surface area contributed by atoms with E-state index in [1.807, 2.05) is 68.4 Å². The molecule has 3 radical (unpaired) electrons. The van der Waals surface area contributed by atoms with E-state index in [1.54, 1.807) is 25.3 Å². The van der Waals surface area contributed by atoms with Crippen LogP contribution < -0.4 is 24.2 Å². The molecule has 0 spiro atoms. The predicted molar refractivity (Wildman–Crippen MR) is 170 cm³/mol. The molecule has 0 saturated carbocycles. The van der Waals surface area contributed by atoms with Crippen molar-refractivity contribution in [3.63, 3.8) is 0 Å². The van der Waals surface area contributed by atoms with Gasteiger partial charge in [-0.15, -0.1) is 29.8 Å². The standard InChI is InChI=1S/C23H30FNO3.C13H10F.B.Li/c1-17-7-5-8-18(15-17)22-19(9-6-10-20(22)24)23(26,11-3-4-13-27-2)21-16-25-12-14-28-21;1-10-5-4-6-11(9-10)12-7-2-3-8-13(12)14;;/h5-10,15,21,25-26H,3-4,11-14,16H2,1-2H3;2-6,8-9H,1H3;;/q;-1;;+1/t21-,23-;;;/m1.../s1. The van der Waals surface area contributed by atoms with Crippen molar-refractivity contribution in [2.75, 3.05) is 33.4 Å². The molecule has 0 amide bonds. The molecule has 4 aromatic rings. The molecular formula is C36H40BF2LiNO3. The molecule has 1 aliphatic heterocycles. The summed E-state index contributed by atoms with van der Waals surface area (Å²) < 4.78 is 39.5. The Balaban J connectivity index is 0.000000356. The summed E-state index contributed by atoms with van der Waals surface area (Å²) in [4.78, 5) is 0. The van der Waals surface area contributed by atoms with Gasteiger partial charge in [0.25, 0.3) is 0 Å². The molecule has 44 heavy (non-hydrogen) atoms. The summed E-state index contributed by atoms with van der Waals surface area (Å²) in [7, 11) is 1.67. The van der Waals surface area contributed by atoms with Crippen molar-refractivity contribution in [1.82, 2.24) is 5.32 Å². The first kappa shape index (κ1) is 37.4. The number of methoxy groups -OCH3 is 1. The van der Waals surface area contributed by atoms with Crippen molar-refractivity contribution in [2.45, 2.75) is 44.8 Å². The summed E-state index contributed by atoms with van der Waals surface area (Å²) >= 11 is 0. The smallest absolute Gasteiger partial charge is 0.385 e. The Morgan fingerprint density at radius 3 is 2.23 bits per heavy atom. The Morgan fingerprint density at radius 1 is 0.932 bits per heavy atom. The second-order valence-electron chi connectivity index (χ2n) is 10.7. The summed E-state index contributed by atoms with van der Waals surface area (Å²) in [5.74, 6) is -0.555. The molecule has 0 unspecified atom stereocenters. The number of morpholine rings is 1. The fraction of sp³-hybridized carbons (Fsp3) is 0.333. The van der Waals surface area contributed by atoms with E-state index in [2.05, 4.69) is 11.4 Å². The SMILES string of the molecule is COCCCC[C@@](O)(c1cccc(F)c1-c1cccc(C)c1)[C@H]1CNCCO1.Cc1cccc(-c2[c-]cccc2F)c1.[B].[Li+]. The first-order chi connectivity index (χ1) is 20.3. The number of nitrogens with one attached hydrogen (secondary N) is 1. The van der Waals surface area contributed by atoms with E-state index < -0.39 is 11.7 Å². The molecule has 2 atom stereocenters. The molecule has 1 aliphatic rings. The van der Waals surface area contributed by atoms with E-state index >= 15 is 4.39 Å². The zero-order chi connectivity index (χ0) is 30.0. The number of halogens is 2. The Bertz CT molecular complexity index is 1450. The molecule has 1 heterocycles. The summed E-state index contributed by atoms with van der Waals surface area (Å²) in [6.07, 6.45) is 1.63. The second kappa shape index (κ2) is 18.3. The zero-order valence-electron chi connectivity index (χ0n) is 26.2. The first-order valence-electron chi connectivity index (χ1n) is 14.5. The van der Waals surface area contributed by atoms with E-state index in [-0.39, 0.29) is 38.9 Å². The average Bonchev–Trinajstić information content (AvgIpc) is 3.00. The quantitative estimate of drug-likeness (QED) is 0.176. The van der Waals surface area contributed by atoms with E-state index in [1.165, 1.54) is 12.1 Å². The van der Waals surface area contributed by atoms with Crippen molar-refractivity contribution in [3.8, 4) is 22.3 Å². The Kier molecular flexibility index (Phi) is 15.5. The molecule has 0 aliphatic carbocycles. The number of hydrogen-bond donors (Lipinski definition) is 2. The Morgan fingerprint density at radius 2 is 1.59 bits per heavy atom. The minimum atomic E-state index is -1.29. The van der Waals surface area contributed by atoms with E-state index in [0.717, 1.165) is 41.6 Å². The molecule has 1 saturated heterocycles. The van der Waals surface area contributed by atoms with Gasteiger partial charge in [0.1, 0.15) is 17.5 Å². The van der Waals surface area contributed by atoms with Gasteiger partial charge in [-0.2, -0.15) is 0 Å². The van der Waals surface area contributed by atoms with Gasteiger partial charge in [0.15, 0.2) is 0 Å². The van der Waals surface area contributed by atoms with Crippen LogP contribution in [0.2, 0.25) is 0 Å². The van der Waals surface area contributed by atoms with Crippen LogP contribution in [-0.4, -0.2) is 53.0 Å². The summed E-state index contributed by atoms with van der Waals surface area (Å²) in [5, 5.41) is 15.2. The summed E-state index contributed by atoms with van der Waals surface area (Å²) in [5.41, 5.74) is 4.11. The van der Waals surface area contributed by atoms with Gasteiger partial charge in [-0.1, -0.05) is 77.4 Å². The minimum Gasteiger partial charge on any atom is -0.385 e. The van der Waals surface area contributed by atoms with E-state index in [4.69, 9.17) is 9.47 Å². The van der Waals surface area contributed by atoms with Gasteiger partial charge in [-0.3, -0.25) is 4.39 Å². The van der Waals surface area contributed by atoms with Crippen molar-refractivity contribution < 1.29 is 42.2 Å². The molecule has 1 fully saturated rings. The average molecular weight is 590 g/mol. The number of benzene rings is 4. The molecule has 0 bridgehead atoms. The van der Waals surface area contributed by atoms with Crippen molar-refractivity contribution >= 4 is 8.41 Å². The van der Waals surface area contributed by atoms with Crippen molar-refractivity contribution in [1.29, 1.82) is 0 Å². The monoisotopic (exact) mass is 590 g/mol. The van der Waals surface area contributed by atoms with Gasteiger partial charge in [0, 0.05) is 46.6 Å². The van der Waals surface area contributed by atoms with E-state index in [9.17, 15) is 9.50 Å². The van der Waals surface area contributed by atoms with Crippen LogP contribution in [0.25, 0.3) is 22.3 Å². The first-order valence-corrected chi connectivity index (χ1v) is 14.5. The maximum absolute atomic E-state index is 15.0. The van der Waals surface area contributed by atoms with Crippen LogP contribution in [0.3, 0.4) is 0 Å². The molecule has 2 N–H and O–H groups in total. The zero-order valence-corrected chi connectivity index (χ0v) is 26.2. The van der Waals surface area contributed by atoms with Gasteiger partial charge in [-0.25, -0.2) is 4.39 Å². The molecule has 8 heteroatoms. The maximum atomic E-state index is 15.0. The number of ether oxygens (including phenoxy) is 2. The fourth-order valence-corrected chi connectivity index (χ4v) is 5.40. The van der Waals surface area contributed by atoms with Crippen LogP contribution >= 0.6 is 0 Å². The third-order valence-corrected chi connectivity index (χ3v) is 7.52. The second-order valence-corrected chi connectivity index (χ2v) is 10.7. The summed E-state index contributed by atoms with van der Waals surface area (Å²) in [6.45, 7) is 6.42. The molecule has 225 valence electrons. The normalized spacial score (nSPS) is 15.5. The molecule has 4 nitrogen and oxygen atoms in total. The molecule has 4 aromatic carbocycles. The maximum Gasteiger partial charge on any atom is 1.00 e. The van der Waals surface area contributed by atoms with Gasteiger partial charge < -0.3 is 19.9 Å². The Labute approximate surface area is 275 Å². The van der Waals surface area contributed by atoms with E-state index in [0.29, 0.717) is 42.9 Å². The van der Waals surface area contributed by atoms with Crippen LogP contribution in [0.4, 0.5) is 8.78 Å². The fourth-order valence-electron chi connectivity index (χ4n) is 5.40. The van der Waals surface area contributed by atoms with Crippen LogP contribution in [0, 0.1) is 31.5 Å². The van der Waals surface area contributed by atoms with Crippen LogP contribution in [-0.2, 0) is 15.1 Å². The number of aliphatic hydroxyl groups is 1. The summed E-state index contributed by atoms with van der Waals surface area (Å²) in [6, 6.07) is 28.2. The van der Waals surface area contributed by atoms with Crippen LogP contribution in [0.1, 0.15) is 36.0 Å². The number of aryl methyl sites for hydroxylation is 2. The Hall–Kier alpha value is -2.76. The number of hydrogen-bond acceptors (Lipinski definition) is 4. The van der Waals surface area contributed by atoms with Gasteiger partial charge in [0.2, 0.25) is 0 Å². The minimum absolute atomic E-state index is 0. The van der Waals surface area contributed by atoms with Gasteiger partial charge >= 0.3 is 18.9 Å². The largest absolute Gasteiger partial charge is 1.00 e. The molecule has 5 rings (SSSR count). The van der Waals surface area contributed by atoms with Crippen LogP contribution in [0.5, 0.6) is 0 Å². The number of rotatable bonds is 9. The van der Waals surface area contributed by atoms with Gasteiger partial charge in [-0.05, 0) is 50.3 Å². The third kappa shape index (κ3) is 9.62.